The lowest BCUT2D eigenvalue weighted by atomic mass is 10.00. The Morgan fingerprint density at radius 3 is 1.79 bits per heavy atom. The highest BCUT2D eigenvalue weighted by Crippen LogP contribution is 2.29. The van der Waals surface area contributed by atoms with Gasteiger partial charge in [-0.1, -0.05) is 102 Å². The van der Waals surface area contributed by atoms with Crippen LogP contribution in [0.2, 0.25) is 0 Å². The molecule has 0 saturated heterocycles. The number of carbonyl (C=O) groups excluding carboxylic acids is 1. The number of hydrogen-bond acceptors (Lipinski definition) is 3. The van der Waals surface area contributed by atoms with Gasteiger partial charge in [-0.05, 0) is 60.2 Å². The highest BCUT2D eigenvalue weighted by Gasteiger charge is 2.19. The molecule has 0 aliphatic carbocycles. The molecule has 3 aromatic carbocycles. The predicted octanol–water partition coefficient (Wildman–Crippen LogP) is 9.71. The van der Waals surface area contributed by atoms with E-state index >= 15 is 0 Å². The van der Waals surface area contributed by atoms with Crippen molar-refractivity contribution in [2.24, 2.45) is 0 Å². The van der Waals surface area contributed by atoms with E-state index in [9.17, 15) is 13.6 Å². The zero-order chi connectivity index (χ0) is 27.2. The molecular formula is C33H40F2O3. The molecule has 3 aromatic rings. The minimum absolute atomic E-state index is 0.176. The third-order valence-corrected chi connectivity index (χ3v) is 6.70. The van der Waals surface area contributed by atoms with E-state index in [2.05, 4.69) is 38.1 Å². The molecule has 3 nitrogen and oxygen atoms in total. The van der Waals surface area contributed by atoms with Gasteiger partial charge in [-0.25, -0.2) is 4.79 Å². The fraction of sp³-hybridized carbons (Fsp3) is 0.424. The zero-order valence-electron chi connectivity index (χ0n) is 22.7. The molecule has 0 aromatic heterocycles. The summed E-state index contributed by atoms with van der Waals surface area (Å²) in [7, 11) is 0. The Morgan fingerprint density at radius 1 is 0.632 bits per heavy atom. The van der Waals surface area contributed by atoms with E-state index < -0.39 is 23.4 Å². The van der Waals surface area contributed by atoms with Gasteiger partial charge in [-0.15, -0.1) is 0 Å². The fourth-order valence-electron chi connectivity index (χ4n) is 4.35. The summed E-state index contributed by atoms with van der Waals surface area (Å²) in [5, 5.41) is 0. The smallest absolute Gasteiger partial charge is 0.343 e. The molecule has 38 heavy (non-hydrogen) atoms. The molecule has 0 N–H and O–H groups in total. The van der Waals surface area contributed by atoms with Crippen LogP contribution in [0.3, 0.4) is 0 Å². The van der Waals surface area contributed by atoms with Crippen molar-refractivity contribution in [1.82, 2.24) is 0 Å². The lowest BCUT2D eigenvalue weighted by Crippen LogP contribution is -2.10. The number of unbranched alkanes of at least 4 members (excludes halogenated alkanes) is 8. The van der Waals surface area contributed by atoms with Crippen molar-refractivity contribution >= 4 is 5.97 Å². The topological polar surface area (TPSA) is 35.5 Å². The van der Waals surface area contributed by atoms with E-state index in [4.69, 9.17) is 9.47 Å². The highest BCUT2D eigenvalue weighted by molar-refractivity contribution is 5.91. The van der Waals surface area contributed by atoms with Crippen molar-refractivity contribution in [1.29, 1.82) is 0 Å². The highest BCUT2D eigenvalue weighted by atomic mass is 19.2. The van der Waals surface area contributed by atoms with Gasteiger partial charge in [-0.3, -0.25) is 0 Å². The number of hydrogen-bond donors (Lipinski definition) is 0. The molecule has 0 unspecified atom stereocenters. The average molecular weight is 523 g/mol. The van der Waals surface area contributed by atoms with E-state index in [0.717, 1.165) is 49.7 Å². The van der Waals surface area contributed by atoms with E-state index in [-0.39, 0.29) is 11.3 Å². The maximum Gasteiger partial charge on any atom is 0.343 e. The first-order valence-corrected chi connectivity index (χ1v) is 14.1. The van der Waals surface area contributed by atoms with Crippen molar-refractivity contribution in [3.05, 3.63) is 83.4 Å². The number of benzene rings is 3. The molecule has 0 saturated carbocycles. The second-order valence-electron chi connectivity index (χ2n) is 9.78. The minimum Gasteiger partial charge on any atom is -0.490 e. The second-order valence-corrected chi connectivity index (χ2v) is 9.78. The Balaban J connectivity index is 1.53. The minimum atomic E-state index is -1.23. The Bertz CT molecular complexity index is 1120. The molecule has 0 fully saturated rings. The van der Waals surface area contributed by atoms with Gasteiger partial charge in [0, 0.05) is 0 Å². The van der Waals surface area contributed by atoms with Gasteiger partial charge in [0.1, 0.15) is 0 Å². The summed E-state index contributed by atoms with van der Waals surface area (Å²) >= 11 is 0. The first-order valence-electron chi connectivity index (χ1n) is 14.1. The monoisotopic (exact) mass is 522 g/mol. The van der Waals surface area contributed by atoms with Gasteiger partial charge in [0.05, 0.1) is 12.2 Å². The lowest BCUT2D eigenvalue weighted by Gasteiger charge is -2.11. The van der Waals surface area contributed by atoms with Crippen LogP contribution in [0.15, 0.2) is 60.7 Å². The average Bonchev–Trinajstić information content (AvgIpc) is 2.94. The van der Waals surface area contributed by atoms with Crippen molar-refractivity contribution in [3.8, 4) is 22.6 Å². The number of esters is 1. The van der Waals surface area contributed by atoms with Crippen LogP contribution in [0, 0.1) is 11.6 Å². The molecule has 0 aliphatic rings. The Morgan fingerprint density at radius 2 is 1.16 bits per heavy atom. The summed E-state index contributed by atoms with van der Waals surface area (Å²) in [5.41, 5.74) is 3.59. The summed E-state index contributed by atoms with van der Waals surface area (Å²) in [4.78, 5) is 12.6. The first kappa shape index (κ1) is 29.3. The van der Waals surface area contributed by atoms with Crippen molar-refractivity contribution in [2.45, 2.75) is 84.5 Å². The van der Waals surface area contributed by atoms with Crippen molar-refractivity contribution < 1.29 is 23.0 Å². The van der Waals surface area contributed by atoms with Crippen molar-refractivity contribution in [3.63, 3.8) is 0 Å². The first-order chi connectivity index (χ1) is 18.5. The van der Waals surface area contributed by atoms with Crippen molar-refractivity contribution in [2.75, 3.05) is 6.61 Å². The molecular weight excluding hydrogens is 482 g/mol. The van der Waals surface area contributed by atoms with Crippen LogP contribution in [0.25, 0.3) is 11.1 Å². The molecule has 204 valence electrons. The van der Waals surface area contributed by atoms with Crippen LogP contribution in [-0.2, 0) is 6.42 Å². The van der Waals surface area contributed by atoms with Crippen LogP contribution in [0.5, 0.6) is 11.5 Å². The van der Waals surface area contributed by atoms with E-state index in [1.165, 1.54) is 49.8 Å². The Kier molecular flexibility index (Phi) is 12.3. The van der Waals surface area contributed by atoms with Gasteiger partial charge in [-0.2, -0.15) is 8.78 Å². The van der Waals surface area contributed by atoms with Gasteiger partial charge in [0.15, 0.2) is 11.5 Å². The molecule has 3 rings (SSSR count). The van der Waals surface area contributed by atoms with Crippen LogP contribution >= 0.6 is 0 Å². The zero-order valence-corrected chi connectivity index (χ0v) is 22.7. The lowest BCUT2D eigenvalue weighted by molar-refractivity contribution is 0.0726. The Labute approximate surface area is 226 Å². The number of aryl methyl sites for hydroxylation is 1. The summed E-state index contributed by atoms with van der Waals surface area (Å²) in [6.07, 6.45) is 12.5. The summed E-state index contributed by atoms with van der Waals surface area (Å²) < 4.78 is 39.5. The van der Waals surface area contributed by atoms with Crippen LogP contribution in [0.4, 0.5) is 8.78 Å². The molecule has 0 heterocycles. The summed E-state index contributed by atoms with van der Waals surface area (Å²) in [6, 6.07) is 17.9. The molecule has 0 bridgehead atoms. The van der Waals surface area contributed by atoms with E-state index in [1.54, 1.807) is 12.1 Å². The summed E-state index contributed by atoms with van der Waals surface area (Å²) in [5.74, 6) is -3.77. The van der Waals surface area contributed by atoms with E-state index in [1.807, 2.05) is 12.1 Å². The number of rotatable bonds is 16. The maximum atomic E-state index is 14.5. The normalized spacial score (nSPS) is 10.9. The SMILES string of the molecule is CCCCCCCOc1ccc(OC(=O)c2ccc(-c3ccc(CCCCCCC)cc3)cc2)c(F)c1F. The predicted molar refractivity (Wildman–Crippen MR) is 150 cm³/mol. The largest absolute Gasteiger partial charge is 0.490 e. The molecule has 0 amide bonds. The van der Waals surface area contributed by atoms with Crippen LogP contribution in [-0.4, -0.2) is 12.6 Å². The Hall–Kier alpha value is -3.21. The quantitative estimate of drug-likeness (QED) is 0.107. The molecule has 5 heteroatoms. The summed E-state index contributed by atoms with van der Waals surface area (Å²) in [6.45, 7) is 4.67. The van der Waals surface area contributed by atoms with E-state index in [0.29, 0.717) is 6.61 Å². The molecule has 0 atom stereocenters. The number of halogens is 2. The van der Waals surface area contributed by atoms with Crippen LogP contribution < -0.4 is 9.47 Å². The standard InChI is InChI=1S/C33H40F2O3/c1-3-5-7-9-11-13-25-14-16-26(17-15-25)27-18-20-28(21-19-27)33(36)38-30-23-22-29(31(34)32(30)35)37-24-12-10-8-6-4-2/h14-23H,3-13,24H2,1-2H3. The van der Waals surface area contributed by atoms with Crippen LogP contribution in [0.1, 0.15) is 94.0 Å². The molecule has 0 spiro atoms. The molecule has 0 aliphatic heterocycles. The fourth-order valence-corrected chi connectivity index (χ4v) is 4.35. The second kappa shape index (κ2) is 15.9. The van der Waals surface area contributed by atoms with Gasteiger partial charge in [0.25, 0.3) is 0 Å². The van der Waals surface area contributed by atoms with Gasteiger partial charge in [0.2, 0.25) is 11.6 Å². The van der Waals surface area contributed by atoms with Gasteiger partial charge < -0.3 is 9.47 Å². The third-order valence-electron chi connectivity index (χ3n) is 6.70. The number of carbonyl (C=O) groups is 1. The molecule has 0 radical (unpaired) electrons. The number of ether oxygens (including phenoxy) is 2. The van der Waals surface area contributed by atoms with Gasteiger partial charge >= 0.3 is 5.97 Å². The maximum absolute atomic E-state index is 14.5. The third kappa shape index (κ3) is 8.97.